The van der Waals surface area contributed by atoms with Crippen LogP contribution in [0.15, 0.2) is 23.2 Å². The van der Waals surface area contributed by atoms with Gasteiger partial charge in [0, 0.05) is 5.25 Å². The molecule has 1 aliphatic heterocycles. The summed E-state index contributed by atoms with van der Waals surface area (Å²) in [5, 5.41) is 4.79. The van der Waals surface area contributed by atoms with Crippen LogP contribution in [0.4, 0.5) is 10.1 Å². The van der Waals surface area contributed by atoms with Gasteiger partial charge < -0.3 is 5.32 Å². The van der Waals surface area contributed by atoms with Gasteiger partial charge in [-0.05, 0) is 18.2 Å². The van der Waals surface area contributed by atoms with Crippen molar-refractivity contribution in [2.24, 2.45) is 4.99 Å². The fraction of sp³-hybridized carbons (Fsp3) is 0.300. The standard InChI is InChI=1S/C10H10ClFN2S/c1-6-5-13-10(15-6)14-9-3-2-7(12)4-8(9)11/h2-4,6H,5H2,1H3,(H,13,14). The van der Waals surface area contributed by atoms with Crippen molar-refractivity contribution in [3.63, 3.8) is 0 Å². The Morgan fingerprint density at radius 1 is 1.60 bits per heavy atom. The van der Waals surface area contributed by atoms with Crippen LogP contribution in [0.25, 0.3) is 0 Å². The molecule has 0 bridgehead atoms. The number of benzene rings is 1. The fourth-order valence-corrected chi connectivity index (χ4v) is 2.31. The maximum Gasteiger partial charge on any atom is 0.161 e. The smallest absolute Gasteiger partial charge is 0.161 e. The molecule has 80 valence electrons. The van der Waals surface area contributed by atoms with E-state index in [0.717, 1.165) is 11.7 Å². The molecule has 0 aromatic heterocycles. The zero-order valence-electron chi connectivity index (χ0n) is 8.13. The lowest BCUT2D eigenvalue weighted by molar-refractivity contribution is 0.628. The summed E-state index contributed by atoms with van der Waals surface area (Å²) in [5.74, 6) is -0.333. The summed E-state index contributed by atoms with van der Waals surface area (Å²) in [4.78, 5) is 4.29. The van der Waals surface area contributed by atoms with E-state index in [4.69, 9.17) is 11.6 Å². The Morgan fingerprint density at radius 2 is 2.40 bits per heavy atom. The van der Waals surface area contributed by atoms with Crippen molar-refractivity contribution in [2.75, 3.05) is 11.9 Å². The summed E-state index contributed by atoms with van der Waals surface area (Å²) >= 11 is 7.54. The summed E-state index contributed by atoms with van der Waals surface area (Å²) in [6, 6.07) is 4.27. The zero-order valence-corrected chi connectivity index (χ0v) is 9.70. The van der Waals surface area contributed by atoms with Gasteiger partial charge >= 0.3 is 0 Å². The lowest BCUT2D eigenvalue weighted by Gasteiger charge is -2.07. The molecule has 1 aromatic rings. The first kappa shape index (κ1) is 10.8. The Morgan fingerprint density at radius 3 is 3.00 bits per heavy atom. The van der Waals surface area contributed by atoms with Crippen LogP contribution in [-0.4, -0.2) is 17.0 Å². The highest BCUT2D eigenvalue weighted by atomic mass is 35.5. The first-order chi connectivity index (χ1) is 7.15. The second-order valence-corrected chi connectivity index (χ2v) is 5.16. The topological polar surface area (TPSA) is 24.4 Å². The van der Waals surface area contributed by atoms with Crippen molar-refractivity contribution in [3.05, 3.63) is 29.0 Å². The monoisotopic (exact) mass is 244 g/mol. The van der Waals surface area contributed by atoms with Gasteiger partial charge in [0.15, 0.2) is 5.17 Å². The number of amidine groups is 1. The van der Waals surface area contributed by atoms with Gasteiger partial charge in [0.25, 0.3) is 0 Å². The molecule has 0 fully saturated rings. The summed E-state index contributed by atoms with van der Waals surface area (Å²) < 4.78 is 12.8. The molecule has 15 heavy (non-hydrogen) atoms. The number of nitrogens with zero attached hydrogens (tertiary/aromatic N) is 1. The van der Waals surface area contributed by atoms with Crippen LogP contribution in [-0.2, 0) is 0 Å². The Hall–Kier alpha value is -0.740. The predicted octanol–water partition coefficient (Wildman–Crippen LogP) is 3.38. The molecular formula is C10H10ClFN2S. The molecule has 1 aromatic carbocycles. The van der Waals surface area contributed by atoms with Crippen LogP contribution in [0.2, 0.25) is 5.02 Å². The normalized spacial score (nSPS) is 20.2. The largest absolute Gasteiger partial charge is 0.334 e. The summed E-state index contributed by atoms with van der Waals surface area (Å²) in [5.41, 5.74) is 0.693. The molecule has 1 N–H and O–H groups in total. The summed E-state index contributed by atoms with van der Waals surface area (Å²) in [6.07, 6.45) is 0. The van der Waals surface area contributed by atoms with Gasteiger partial charge in [-0.15, -0.1) is 0 Å². The number of hydrogen-bond acceptors (Lipinski definition) is 3. The Kier molecular flexibility index (Phi) is 3.17. The van der Waals surface area contributed by atoms with E-state index in [0.29, 0.717) is 16.0 Å². The number of nitrogens with one attached hydrogen (secondary N) is 1. The molecule has 2 rings (SSSR count). The Balaban J connectivity index is 2.11. The van der Waals surface area contributed by atoms with Crippen molar-refractivity contribution >= 4 is 34.2 Å². The van der Waals surface area contributed by atoms with E-state index >= 15 is 0 Å². The Labute approximate surface area is 96.9 Å². The van der Waals surface area contributed by atoms with E-state index in [2.05, 4.69) is 17.2 Å². The van der Waals surface area contributed by atoms with Crippen molar-refractivity contribution in [1.29, 1.82) is 0 Å². The second kappa shape index (κ2) is 4.41. The maximum atomic E-state index is 12.8. The summed E-state index contributed by atoms with van der Waals surface area (Å²) in [6.45, 7) is 2.92. The number of aliphatic imine (C=N–C) groups is 1. The molecule has 0 spiro atoms. The first-order valence-electron chi connectivity index (χ1n) is 4.58. The second-order valence-electron chi connectivity index (χ2n) is 3.32. The van der Waals surface area contributed by atoms with Crippen molar-refractivity contribution in [1.82, 2.24) is 0 Å². The SMILES string of the molecule is CC1CN=C(Nc2ccc(F)cc2Cl)S1. The minimum Gasteiger partial charge on any atom is -0.334 e. The number of thioether (sulfide) groups is 1. The van der Waals surface area contributed by atoms with Gasteiger partial charge in [-0.25, -0.2) is 4.39 Å². The van der Waals surface area contributed by atoms with Gasteiger partial charge in [0.1, 0.15) is 5.82 Å². The first-order valence-corrected chi connectivity index (χ1v) is 5.84. The molecule has 0 saturated carbocycles. The van der Waals surface area contributed by atoms with E-state index in [1.165, 1.54) is 12.1 Å². The average Bonchev–Trinajstić information content (AvgIpc) is 2.56. The van der Waals surface area contributed by atoms with Crippen LogP contribution in [0.1, 0.15) is 6.92 Å². The van der Waals surface area contributed by atoms with Gasteiger partial charge in [-0.2, -0.15) is 0 Å². The molecule has 1 aliphatic rings. The zero-order chi connectivity index (χ0) is 10.8. The number of rotatable bonds is 1. The average molecular weight is 245 g/mol. The molecule has 2 nitrogen and oxygen atoms in total. The van der Waals surface area contributed by atoms with E-state index in [1.54, 1.807) is 17.8 Å². The van der Waals surface area contributed by atoms with Crippen LogP contribution >= 0.6 is 23.4 Å². The molecule has 0 radical (unpaired) electrons. The van der Waals surface area contributed by atoms with Crippen molar-refractivity contribution < 1.29 is 4.39 Å². The van der Waals surface area contributed by atoms with E-state index in [-0.39, 0.29) is 5.82 Å². The molecule has 0 aliphatic carbocycles. The molecule has 1 unspecified atom stereocenters. The third-order valence-electron chi connectivity index (χ3n) is 1.98. The Bertz CT molecular complexity index is 408. The maximum absolute atomic E-state index is 12.8. The third-order valence-corrected chi connectivity index (χ3v) is 3.30. The minimum atomic E-state index is -0.333. The van der Waals surface area contributed by atoms with Gasteiger partial charge in [-0.3, -0.25) is 4.99 Å². The van der Waals surface area contributed by atoms with Crippen molar-refractivity contribution in [3.8, 4) is 0 Å². The molecule has 0 saturated heterocycles. The van der Waals surface area contributed by atoms with Crippen LogP contribution in [0, 0.1) is 5.82 Å². The quantitative estimate of drug-likeness (QED) is 0.819. The highest BCUT2D eigenvalue weighted by Crippen LogP contribution is 2.26. The minimum absolute atomic E-state index is 0.333. The molecule has 1 atom stereocenters. The van der Waals surface area contributed by atoms with Crippen molar-refractivity contribution in [2.45, 2.75) is 12.2 Å². The van der Waals surface area contributed by atoms with Gasteiger partial charge in [0.05, 0.1) is 17.3 Å². The van der Waals surface area contributed by atoms with Crippen LogP contribution in [0.5, 0.6) is 0 Å². The third kappa shape index (κ3) is 2.63. The molecule has 1 heterocycles. The molecule has 0 amide bonds. The lowest BCUT2D eigenvalue weighted by Crippen LogP contribution is -2.06. The number of hydrogen-bond donors (Lipinski definition) is 1. The number of halogens is 2. The van der Waals surface area contributed by atoms with Gasteiger partial charge in [-0.1, -0.05) is 30.3 Å². The van der Waals surface area contributed by atoms with E-state index < -0.39 is 0 Å². The molecular weight excluding hydrogens is 235 g/mol. The molecule has 5 heteroatoms. The van der Waals surface area contributed by atoms with Crippen LogP contribution in [0.3, 0.4) is 0 Å². The predicted molar refractivity (Wildman–Crippen MR) is 64.4 cm³/mol. The van der Waals surface area contributed by atoms with Crippen LogP contribution < -0.4 is 5.32 Å². The van der Waals surface area contributed by atoms with E-state index in [9.17, 15) is 4.39 Å². The van der Waals surface area contributed by atoms with E-state index in [1.807, 2.05) is 0 Å². The van der Waals surface area contributed by atoms with Gasteiger partial charge in [0.2, 0.25) is 0 Å². The summed E-state index contributed by atoms with van der Waals surface area (Å²) in [7, 11) is 0. The number of anilines is 1. The lowest BCUT2D eigenvalue weighted by atomic mass is 10.3. The highest BCUT2D eigenvalue weighted by Gasteiger charge is 2.15. The highest BCUT2D eigenvalue weighted by molar-refractivity contribution is 8.15. The fourth-order valence-electron chi connectivity index (χ4n) is 1.25.